The van der Waals surface area contributed by atoms with Crippen LogP contribution in [-0.2, 0) is 28.6 Å². The smallest absolute Gasteiger partial charge is 0.362 e. The highest BCUT2D eigenvalue weighted by Crippen LogP contribution is 2.10. The van der Waals surface area contributed by atoms with Crippen molar-refractivity contribution in [2.45, 2.75) is 122 Å². The first kappa shape index (κ1) is 37.8. The summed E-state index contributed by atoms with van der Waals surface area (Å²) in [4.78, 5) is 36.3. The monoisotopic (exact) mass is 568 g/mol. The van der Waals surface area contributed by atoms with Gasteiger partial charge in [0, 0.05) is 19.3 Å². The van der Waals surface area contributed by atoms with E-state index < -0.39 is 18.1 Å². The number of allylic oxidation sites excluding steroid dienone is 4. The number of ether oxygens (including phenoxy) is 3. The molecule has 0 bridgehead atoms. The second-order valence-electron chi connectivity index (χ2n) is 11.3. The molecule has 1 N–H and O–H groups in total. The van der Waals surface area contributed by atoms with E-state index in [9.17, 15) is 19.5 Å². The van der Waals surface area contributed by atoms with E-state index in [2.05, 4.69) is 32.1 Å². The van der Waals surface area contributed by atoms with Crippen LogP contribution in [0.2, 0.25) is 0 Å². The molecule has 0 aromatic rings. The highest BCUT2D eigenvalue weighted by Gasteiger charge is 2.31. The number of hydrogen-bond donors (Lipinski definition) is 1. The van der Waals surface area contributed by atoms with Gasteiger partial charge in [-0.3, -0.25) is 9.59 Å². The maximum atomic E-state index is 12.5. The number of unbranched alkanes of at least 4 members (excludes halogenated alkanes) is 8. The lowest BCUT2D eigenvalue weighted by molar-refractivity contribution is -0.887. The van der Waals surface area contributed by atoms with E-state index in [1.165, 1.54) is 38.5 Å². The van der Waals surface area contributed by atoms with Crippen molar-refractivity contribution in [1.82, 2.24) is 0 Å². The van der Waals surface area contributed by atoms with Crippen LogP contribution in [0.15, 0.2) is 24.3 Å². The summed E-state index contributed by atoms with van der Waals surface area (Å²) >= 11 is 0. The second kappa shape index (κ2) is 24.6. The molecule has 0 aliphatic carbocycles. The first-order valence-electron chi connectivity index (χ1n) is 15.4. The van der Waals surface area contributed by atoms with Crippen molar-refractivity contribution in [1.29, 1.82) is 0 Å². The fourth-order valence-electron chi connectivity index (χ4n) is 4.11. The number of hydrogen-bond acceptors (Lipinski definition) is 6. The Kier molecular flexibility index (Phi) is 23.2. The number of carboxylic acids is 1. The molecule has 0 rings (SSSR count). The van der Waals surface area contributed by atoms with E-state index >= 15 is 0 Å². The van der Waals surface area contributed by atoms with Gasteiger partial charge in [-0.25, -0.2) is 4.79 Å². The highest BCUT2D eigenvalue weighted by molar-refractivity contribution is 5.72. The van der Waals surface area contributed by atoms with Crippen molar-refractivity contribution in [3.8, 4) is 0 Å². The molecule has 0 saturated carbocycles. The normalized spacial score (nSPS) is 13.5. The summed E-state index contributed by atoms with van der Waals surface area (Å²) in [5, 5.41) is 9.50. The lowest BCUT2D eigenvalue weighted by Gasteiger charge is -2.31. The molecule has 0 aromatic heterocycles. The van der Waals surface area contributed by atoms with Gasteiger partial charge < -0.3 is 23.8 Å². The number of quaternary nitrogens is 1. The van der Waals surface area contributed by atoms with Crippen LogP contribution in [0, 0.1) is 0 Å². The Balaban J connectivity index is 4.63. The van der Waals surface area contributed by atoms with Crippen LogP contribution in [-0.4, -0.2) is 80.6 Å². The van der Waals surface area contributed by atoms with E-state index in [0.717, 1.165) is 25.7 Å². The molecule has 0 spiro atoms. The van der Waals surface area contributed by atoms with E-state index in [4.69, 9.17) is 14.2 Å². The average Bonchev–Trinajstić information content (AvgIpc) is 2.89. The van der Waals surface area contributed by atoms with Crippen molar-refractivity contribution < 1.29 is 38.2 Å². The summed E-state index contributed by atoms with van der Waals surface area (Å²) in [6, 6.07) is -0.617. The van der Waals surface area contributed by atoms with Crippen LogP contribution in [0.4, 0.5) is 0 Å². The van der Waals surface area contributed by atoms with Gasteiger partial charge in [-0.2, -0.15) is 0 Å². The molecule has 2 atom stereocenters. The molecule has 0 fully saturated rings. The van der Waals surface area contributed by atoms with E-state index in [0.29, 0.717) is 19.3 Å². The van der Waals surface area contributed by atoms with Crippen LogP contribution in [0.5, 0.6) is 0 Å². The lowest BCUT2D eigenvalue weighted by Crippen LogP contribution is -2.50. The number of esters is 2. The molecule has 2 unspecified atom stereocenters. The topological polar surface area (TPSA) is 99.1 Å². The van der Waals surface area contributed by atoms with Crippen molar-refractivity contribution in [2.24, 2.45) is 0 Å². The van der Waals surface area contributed by atoms with E-state index in [1.807, 2.05) is 27.2 Å². The van der Waals surface area contributed by atoms with Gasteiger partial charge in [0.05, 0.1) is 34.4 Å². The summed E-state index contributed by atoms with van der Waals surface area (Å²) in [6.07, 6.45) is 21.2. The number of carboxylic acid groups (broad SMARTS) is 1. The number of carbonyl (C=O) groups excluding carboxylic acids is 2. The summed E-state index contributed by atoms with van der Waals surface area (Å²) in [5.74, 6) is -1.59. The second-order valence-corrected chi connectivity index (χ2v) is 11.3. The van der Waals surface area contributed by atoms with Gasteiger partial charge >= 0.3 is 17.9 Å². The molecule has 0 radical (unpaired) electrons. The molecular formula is C32H58NO7+. The van der Waals surface area contributed by atoms with E-state index in [-0.39, 0.29) is 49.1 Å². The summed E-state index contributed by atoms with van der Waals surface area (Å²) in [7, 11) is 5.47. The first-order chi connectivity index (χ1) is 19.1. The molecule has 0 aliphatic heterocycles. The number of aliphatic carboxylic acids is 1. The summed E-state index contributed by atoms with van der Waals surface area (Å²) in [5.41, 5.74) is 0. The molecule has 0 amide bonds. The fourth-order valence-corrected chi connectivity index (χ4v) is 4.11. The van der Waals surface area contributed by atoms with Gasteiger partial charge in [0.1, 0.15) is 6.61 Å². The van der Waals surface area contributed by atoms with Crippen molar-refractivity contribution in [2.75, 3.05) is 41.0 Å². The van der Waals surface area contributed by atoms with Gasteiger partial charge in [-0.1, -0.05) is 70.3 Å². The Labute approximate surface area is 243 Å². The predicted molar refractivity (Wildman–Crippen MR) is 160 cm³/mol. The minimum atomic E-state index is -0.887. The number of rotatable bonds is 26. The van der Waals surface area contributed by atoms with Crippen LogP contribution >= 0.6 is 0 Å². The minimum Gasteiger partial charge on any atom is -0.477 e. The van der Waals surface area contributed by atoms with Gasteiger partial charge in [0.15, 0.2) is 12.1 Å². The predicted octanol–water partition coefficient (Wildman–Crippen LogP) is 6.62. The zero-order chi connectivity index (χ0) is 30.1. The van der Waals surface area contributed by atoms with Crippen molar-refractivity contribution in [3.05, 3.63) is 24.3 Å². The average molecular weight is 569 g/mol. The van der Waals surface area contributed by atoms with Crippen molar-refractivity contribution >= 4 is 17.9 Å². The first-order valence-corrected chi connectivity index (χ1v) is 15.4. The van der Waals surface area contributed by atoms with Crippen molar-refractivity contribution in [3.63, 3.8) is 0 Å². The van der Waals surface area contributed by atoms with Crippen LogP contribution in [0.25, 0.3) is 0 Å². The molecular weight excluding hydrogens is 510 g/mol. The van der Waals surface area contributed by atoms with Gasteiger partial charge in [-0.05, 0) is 44.9 Å². The Bertz CT molecular complexity index is 727. The Morgan fingerprint density at radius 2 is 1.30 bits per heavy atom. The third kappa shape index (κ3) is 22.6. The molecule has 40 heavy (non-hydrogen) atoms. The summed E-state index contributed by atoms with van der Waals surface area (Å²) < 4.78 is 16.9. The van der Waals surface area contributed by atoms with Crippen LogP contribution in [0.1, 0.15) is 110 Å². The van der Waals surface area contributed by atoms with Gasteiger partial charge in [-0.15, -0.1) is 0 Å². The van der Waals surface area contributed by atoms with Crippen LogP contribution < -0.4 is 0 Å². The quantitative estimate of drug-likeness (QED) is 0.0542. The zero-order valence-electron chi connectivity index (χ0n) is 26.0. The Morgan fingerprint density at radius 1 is 0.725 bits per heavy atom. The molecule has 0 saturated heterocycles. The maximum absolute atomic E-state index is 12.5. The van der Waals surface area contributed by atoms with E-state index in [1.54, 1.807) is 0 Å². The third-order valence-electron chi connectivity index (χ3n) is 6.59. The minimum absolute atomic E-state index is 0.0392. The maximum Gasteiger partial charge on any atom is 0.362 e. The third-order valence-corrected chi connectivity index (χ3v) is 6.59. The molecule has 0 heterocycles. The lowest BCUT2D eigenvalue weighted by atomic mass is 10.1. The molecule has 0 aliphatic rings. The molecule has 0 aromatic carbocycles. The molecule has 8 nitrogen and oxygen atoms in total. The van der Waals surface area contributed by atoms with Gasteiger partial charge in [0.25, 0.3) is 0 Å². The largest absolute Gasteiger partial charge is 0.477 e. The highest BCUT2D eigenvalue weighted by atomic mass is 16.6. The SMILES string of the molecule is CCCCC/C=C/CCC(=O)OCC(COCCC(C(=O)O)[N+](C)(C)C)OC(=O)CCC/C=C/CCCCCC. The standard InChI is InChI=1S/C32H57NO7/c1-6-8-10-12-14-15-17-19-21-23-31(35)40-28(26-38-25-24-29(32(36)37)33(3,4)5)27-39-30(34)22-20-18-16-13-11-9-7-2/h15-18,28-29H,6-14,19-27H2,1-5H3/p+1/b17-15+,18-16+. The Hall–Kier alpha value is -2.19. The Morgan fingerprint density at radius 3 is 1.90 bits per heavy atom. The van der Waals surface area contributed by atoms with Crippen LogP contribution in [0.3, 0.4) is 0 Å². The summed E-state index contributed by atoms with van der Waals surface area (Å²) in [6.45, 7) is 4.52. The number of carbonyl (C=O) groups is 3. The fraction of sp³-hybridized carbons (Fsp3) is 0.781. The molecule has 8 heteroatoms. The molecule has 232 valence electrons. The number of likely N-dealkylation sites (N-methyl/N-ethyl adjacent to an activating group) is 1. The zero-order valence-corrected chi connectivity index (χ0v) is 26.0. The van der Waals surface area contributed by atoms with Gasteiger partial charge in [0.2, 0.25) is 0 Å². The number of nitrogens with zero attached hydrogens (tertiary/aromatic N) is 1.